The van der Waals surface area contributed by atoms with Crippen LogP contribution < -0.4 is 5.32 Å². The normalized spacial score (nSPS) is 14.9. The van der Waals surface area contributed by atoms with Crippen molar-refractivity contribution in [3.8, 4) is 0 Å². The molecule has 4 nitrogen and oxygen atoms in total. The van der Waals surface area contributed by atoms with E-state index in [0.717, 1.165) is 13.0 Å². The molecule has 0 radical (unpaired) electrons. The second-order valence-electron chi connectivity index (χ2n) is 3.08. The predicted molar refractivity (Wildman–Crippen MR) is 63.8 cm³/mol. The molecule has 0 amide bonds. The average molecular weight is 315 g/mol. The molecule has 0 fully saturated rings. The summed E-state index contributed by atoms with van der Waals surface area (Å²) in [5.74, 6) is -0.183. The number of carbonyl (C=O) groups is 1. The van der Waals surface area contributed by atoms with Crippen LogP contribution in [0.25, 0.3) is 0 Å². The van der Waals surface area contributed by atoms with Gasteiger partial charge in [0.15, 0.2) is 0 Å². The fourth-order valence-corrected chi connectivity index (χ4v) is 1.42. The van der Waals surface area contributed by atoms with Crippen molar-refractivity contribution < 1.29 is 14.3 Å². The Morgan fingerprint density at radius 1 is 1.50 bits per heavy atom. The number of nitrogens with one attached hydrogen (secondary N) is 1. The van der Waals surface area contributed by atoms with Crippen molar-refractivity contribution in [2.24, 2.45) is 0 Å². The third-order valence-electron chi connectivity index (χ3n) is 1.86. The molecule has 0 aliphatic carbocycles. The lowest BCUT2D eigenvalue weighted by atomic mass is 10.2. The molecule has 0 bridgehead atoms. The summed E-state index contributed by atoms with van der Waals surface area (Å²) in [5, 5.41) is 3.24. The first-order valence-corrected chi connectivity index (χ1v) is 5.80. The molecule has 2 atom stereocenters. The summed E-state index contributed by atoms with van der Waals surface area (Å²) in [5.41, 5.74) is 0. The van der Waals surface area contributed by atoms with Gasteiger partial charge in [-0.2, -0.15) is 0 Å². The van der Waals surface area contributed by atoms with Gasteiger partial charge in [0.1, 0.15) is 3.92 Å². The molecule has 14 heavy (non-hydrogen) atoms. The van der Waals surface area contributed by atoms with Crippen LogP contribution in [-0.4, -0.2) is 43.3 Å². The van der Waals surface area contributed by atoms with E-state index < -0.39 is 0 Å². The van der Waals surface area contributed by atoms with Crippen LogP contribution in [0.3, 0.4) is 0 Å². The van der Waals surface area contributed by atoms with Crippen molar-refractivity contribution in [1.82, 2.24) is 5.32 Å². The third kappa shape index (κ3) is 6.56. The lowest BCUT2D eigenvalue weighted by Crippen LogP contribution is -2.35. The van der Waals surface area contributed by atoms with Crippen molar-refractivity contribution in [2.75, 3.05) is 27.4 Å². The Balaban J connectivity index is 3.55. The minimum Gasteiger partial charge on any atom is -0.468 e. The molecule has 0 aromatic heterocycles. The monoisotopic (exact) mass is 315 g/mol. The smallest absolute Gasteiger partial charge is 0.319 e. The quantitative estimate of drug-likeness (QED) is 0.432. The Morgan fingerprint density at radius 2 is 2.14 bits per heavy atom. The van der Waals surface area contributed by atoms with Gasteiger partial charge in [-0.3, -0.25) is 4.79 Å². The van der Waals surface area contributed by atoms with E-state index in [4.69, 9.17) is 4.74 Å². The number of rotatable bonds is 7. The highest BCUT2D eigenvalue weighted by molar-refractivity contribution is 14.1. The zero-order valence-corrected chi connectivity index (χ0v) is 11.0. The highest BCUT2D eigenvalue weighted by Gasteiger charge is 2.15. The minimum absolute atomic E-state index is 0.123. The van der Waals surface area contributed by atoms with Crippen LogP contribution in [0.5, 0.6) is 0 Å². The molecule has 0 spiro atoms. The summed E-state index contributed by atoms with van der Waals surface area (Å²) >= 11 is 2.07. The fraction of sp³-hybridized carbons (Fsp3) is 0.889. The van der Waals surface area contributed by atoms with E-state index in [1.165, 1.54) is 7.11 Å². The molecule has 84 valence electrons. The molecular formula is C9H18INO3. The van der Waals surface area contributed by atoms with Crippen LogP contribution in [-0.2, 0) is 14.3 Å². The van der Waals surface area contributed by atoms with Crippen molar-refractivity contribution >= 4 is 28.6 Å². The summed E-state index contributed by atoms with van der Waals surface area (Å²) < 4.78 is 9.45. The number of esters is 1. The first-order chi connectivity index (χ1) is 6.61. The highest BCUT2D eigenvalue weighted by Crippen LogP contribution is 2.02. The lowest BCUT2D eigenvalue weighted by molar-refractivity contribution is -0.139. The third-order valence-corrected chi connectivity index (χ3v) is 2.81. The molecule has 0 heterocycles. The van der Waals surface area contributed by atoms with E-state index in [2.05, 4.69) is 39.6 Å². The van der Waals surface area contributed by atoms with Crippen LogP contribution in [0, 0.1) is 0 Å². The van der Waals surface area contributed by atoms with Crippen molar-refractivity contribution in [3.05, 3.63) is 0 Å². The number of halogens is 1. The maximum absolute atomic E-state index is 11.0. The number of carbonyl (C=O) groups excluding carboxylic acids is 1. The average Bonchev–Trinajstić information content (AvgIpc) is 2.21. The standard InChI is InChI=1S/C9H18INO3/c1-7(4-5-13-2)11-6-8(10)9(12)14-3/h7-8,11H,4-6H2,1-3H3. The van der Waals surface area contributed by atoms with Crippen molar-refractivity contribution in [3.63, 3.8) is 0 Å². The molecule has 0 aliphatic rings. The van der Waals surface area contributed by atoms with Crippen molar-refractivity contribution in [1.29, 1.82) is 0 Å². The van der Waals surface area contributed by atoms with Gasteiger partial charge < -0.3 is 14.8 Å². The second-order valence-corrected chi connectivity index (χ2v) is 4.59. The number of methoxy groups -OCH3 is 2. The number of ether oxygens (including phenoxy) is 2. The van der Waals surface area contributed by atoms with Gasteiger partial charge in [-0.25, -0.2) is 0 Å². The summed E-state index contributed by atoms with van der Waals surface area (Å²) in [6.07, 6.45) is 0.945. The van der Waals surface area contributed by atoms with Crippen LogP contribution in [0.2, 0.25) is 0 Å². The molecule has 0 saturated carbocycles. The van der Waals surface area contributed by atoms with Gasteiger partial charge >= 0.3 is 5.97 Å². The Kier molecular flexibility index (Phi) is 8.50. The van der Waals surface area contributed by atoms with Crippen LogP contribution in [0.15, 0.2) is 0 Å². The van der Waals surface area contributed by atoms with Crippen LogP contribution in [0.1, 0.15) is 13.3 Å². The van der Waals surface area contributed by atoms with Gasteiger partial charge in [0.25, 0.3) is 0 Å². The number of hydrogen-bond donors (Lipinski definition) is 1. The Hall–Kier alpha value is 0.120. The highest BCUT2D eigenvalue weighted by atomic mass is 127. The van der Waals surface area contributed by atoms with Crippen LogP contribution >= 0.6 is 22.6 Å². The van der Waals surface area contributed by atoms with E-state index in [-0.39, 0.29) is 9.89 Å². The van der Waals surface area contributed by atoms with Crippen molar-refractivity contribution in [2.45, 2.75) is 23.3 Å². The van der Waals surface area contributed by atoms with E-state index in [1.54, 1.807) is 7.11 Å². The molecule has 0 rings (SSSR count). The summed E-state index contributed by atoms with van der Waals surface area (Å²) in [7, 11) is 3.09. The summed E-state index contributed by atoms with van der Waals surface area (Å²) in [4.78, 5) is 11.0. The Morgan fingerprint density at radius 3 is 2.64 bits per heavy atom. The summed E-state index contributed by atoms with van der Waals surface area (Å²) in [6, 6.07) is 0.358. The molecule has 2 unspecified atom stereocenters. The maximum Gasteiger partial charge on any atom is 0.319 e. The molecular weight excluding hydrogens is 297 g/mol. The first-order valence-electron chi connectivity index (χ1n) is 4.56. The van der Waals surface area contributed by atoms with Gasteiger partial charge in [0.2, 0.25) is 0 Å². The van der Waals surface area contributed by atoms with E-state index in [1.807, 2.05) is 0 Å². The molecule has 0 saturated heterocycles. The Labute approximate surface area is 98.9 Å². The largest absolute Gasteiger partial charge is 0.468 e. The van der Waals surface area contributed by atoms with E-state index in [0.29, 0.717) is 12.6 Å². The maximum atomic E-state index is 11.0. The number of alkyl halides is 1. The zero-order valence-electron chi connectivity index (χ0n) is 8.88. The number of hydrogen-bond acceptors (Lipinski definition) is 4. The zero-order chi connectivity index (χ0) is 11.0. The van der Waals surface area contributed by atoms with E-state index in [9.17, 15) is 4.79 Å². The van der Waals surface area contributed by atoms with Gasteiger partial charge in [-0.1, -0.05) is 22.6 Å². The van der Waals surface area contributed by atoms with Crippen LogP contribution in [0.4, 0.5) is 0 Å². The molecule has 0 aromatic carbocycles. The predicted octanol–water partition coefficient (Wildman–Crippen LogP) is 0.978. The SMILES string of the molecule is COCCC(C)NCC(I)C(=O)OC. The molecule has 1 N–H and O–H groups in total. The van der Waals surface area contributed by atoms with Gasteiger partial charge in [-0.15, -0.1) is 0 Å². The second kappa shape index (κ2) is 8.43. The van der Waals surface area contributed by atoms with Gasteiger partial charge in [-0.05, 0) is 13.3 Å². The minimum atomic E-state index is -0.183. The molecule has 0 aliphatic heterocycles. The van der Waals surface area contributed by atoms with Gasteiger partial charge in [0, 0.05) is 26.3 Å². The van der Waals surface area contributed by atoms with Gasteiger partial charge in [0.05, 0.1) is 7.11 Å². The lowest BCUT2D eigenvalue weighted by Gasteiger charge is -2.15. The first kappa shape index (κ1) is 14.1. The Bertz CT molecular complexity index is 166. The topological polar surface area (TPSA) is 47.6 Å². The molecule has 5 heteroatoms. The summed E-state index contributed by atoms with van der Waals surface area (Å²) in [6.45, 7) is 3.44. The van der Waals surface area contributed by atoms with E-state index >= 15 is 0 Å². The molecule has 0 aromatic rings. The fourth-order valence-electron chi connectivity index (χ4n) is 0.913.